The van der Waals surface area contributed by atoms with Crippen molar-refractivity contribution in [2.45, 2.75) is 44.1 Å². The molecule has 10 heteroatoms. The van der Waals surface area contributed by atoms with E-state index in [1.54, 1.807) is 20.2 Å². The summed E-state index contributed by atoms with van der Waals surface area (Å²) in [5.74, 6) is -4.28. The van der Waals surface area contributed by atoms with Crippen LogP contribution < -0.4 is 15.4 Å². The second-order valence-corrected chi connectivity index (χ2v) is 12.8. The number of fused-ring (bicyclic) bond motifs is 2. The minimum atomic E-state index is -2.55. The number of hydrogen-bond acceptors (Lipinski definition) is 9. The summed E-state index contributed by atoms with van der Waals surface area (Å²) in [5.41, 5.74) is 6.55. The maximum absolute atomic E-state index is 14.5. The fourth-order valence-electron chi connectivity index (χ4n) is 6.94. The molecule has 3 aromatic carbocycles. The molecule has 0 heterocycles. The van der Waals surface area contributed by atoms with Crippen molar-refractivity contribution < 1.29 is 34.1 Å². The molecule has 0 aromatic heterocycles. The van der Waals surface area contributed by atoms with Gasteiger partial charge in [0.2, 0.25) is 5.91 Å². The molecule has 1 amide bonds. The highest BCUT2D eigenvalue weighted by molar-refractivity contribution is 6.15. The number of aliphatic hydroxyl groups excluding tert-OH is 1. The molecule has 2 aliphatic carbocycles. The summed E-state index contributed by atoms with van der Waals surface area (Å²) < 4.78 is 12.3. The molecule has 0 saturated carbocycles. The lowest BCUT2D eigenvalue weighted by Crippen LogP contribution is -2.60. The van der Waals surface area contributed by atoms with E-state index in [9.17, 15) is 24.6 Å². The number of nitrogens with zero attached hydrogens (tertiary/aromatic N) is 2. The number of allylic oxidation sites excluding steroid dienone is 1. The predicted molar refractivity (Wildman–Crippen MR) is 178 cm³/mol. The van der Waals surface area contributed by atoms with Crippen LogP contribution in [0, 0.1) is 11.8 Å². The molecule has 0 aliphatic heterocycles. The monoisotopic (exact) mass is 641 g/mol. The van der Waals surface area contributed by atoms with Gasteiger partial charge < -0.3 is 35.2 Å². The largest absolute Gasteiger partial charge is 0.508 e. The third-order valence-corrected chi connectivity index (χ3v) is 9.28. The van der Waals surface area contributed by atoms with Crippen molar-refractivity contribution in [3.05, 3.63) is 106 Å². The van der Waals surface area contributed by atoms with E-state index in [-0.39, 0.29) is 30.8 Å². The summed E-state index contributed by atoms with van der Waals surface area (Å²) in [6.45, 7) is 0.623. The van der Waals surface area contributed by atoms with E-state index >= 15 is 0 Å². The fourth-order valence-corrected chi connectivity index (χ4v) is 6.94. The Bertz CT molecular complexity index is 1660. The molecule has 0 radical (unpaired) electrons. The quantitative estimate of drug-likeness (QED) is 0.237. The average Bonchev–Trinajstić information content (AvgIpc) is 3.04. The van der Waals surface area contributed by atoms with Gasteiger partial charge in [0.25, 0.3) is 0 Å². The smallest absolute Gasteiger partial charge is 0.225 e. The van der Waals surface area contributed by atoms with Crippen molar-refractivity contribution in [2.75, 3.05) is 39.7 Å². The zero-order valence-electron chi connectivity index (χ0n) is 27.3. The van der Waals surface area contributed by atoms with E-state index in [1.807, 2.05) is 90.6 Å². The van der Waals surface area contributed by atoms with Gasteiger partial charge in [0.1, 0.15) is 18.1 Å². The van der Waals surface area contributed by atoms with E-state index in [2.05, 4.69) is 0 Å². The van der Waals surface area contributed by atoms with Gasteiger partial charge in [0.15, 0.2) is 17.2 Å². The van der Waals surface area contributed by atoms with Crippen LogP contribution in [0.1, 0.15) is 39.9 Å². The number of carbonyl (C=O) groups excluding carboxylic acids is 3. The van der Waals surface area contributed by atoms with Gasteiger partial charge in [0.05, 0.1) is 25.2 Å². The molecule has 4 atom stereocenters. The number of amides is 1. The number of benzene rings is 3. The van der Waals surface area contributed by atoms with Gasteiger partial charge in [-0.1, -0.05) is 60.7 Å². The molecular weight excluding hydrogens is 598 g/mol. The summed E-state index contributed by atoms with van der Waals surface area (Å²) in [5, 5.41) is 24.2. The normalized spacial score (nSPS) is 21.2. The highest BCUT2D eigenvalue weighted by Crippen LogP contribution is 2.50. The maximum Gasteiger partial charge on any atom is 0.225 e. The topological polar surface area (TPSA) is 143 Å². The minimum Gasteiger partial charge on any atom is -0.508 e. The number of anilines is 1. The highest BCUT2D eigenvalue weighted by atomic mass is 16.5. The van der Waals surface area contributed by atoms with E-state index in [1.165, 1.54) is 0 Å². The molecule has 0 unspecified atom stereocenters. The fraction of sp³-hybridized carbons (Fsp3) is 0.378. The van der Waals surface area contributed by atoms with Gasteiger partial charge in [-0.3, -0.25) is 14.4 Å². The Morgan fingerprint density at radius 2 is 1.57 bits per heavy atom. The highest BCUT2D eigenvalue weighted by Gasteiger charge is 2.58. The number of nitrogens with two attached hydrogens (primary N) is 1. The lowest BCUT2D eigenvalue weighted by atomic mass is 9.61. The third kappa shape index (κ3) is 6.81. The van der Waals surface area contributed by atoms with E-state index < -0.39 is 53.1 Å². The molecule has 2 aliphatic rings. The molecule has 10 nitrogen and oxygen atoms in total. The zero-order valence-corrected chi connectivity index (χ0v) is 27.3. The number of aliphatic hydroxyl groups is 2. The van der Waals surface area contributed by atoms with Crippen molar-refractivity contribution in [1.82, 2.24) is 4.90 Å². The van der Waals surface area contributed by atoms with E-state index in [0.717, 1.165) is 22.4 Å². The predicted octanol–water partition coefficient (Wildman–Crippen LogP) is 3.84. The van der Waals surface area contributed by atoms with Crippen LogP contribution in [0.2, 0.25) is 0 Å². The van der Waals surface area contributed by atoms with Crippen molar-refractivity contribution in [1.29, 1.82) is 0 Å². The van der Waals surface area contributed by atoms with Crippen molar-refractivity contribution in [3.63, 3.8) is 0 Å². The van der Waals surface area contributed by atoms with Crippen LogP contribution in [0.25, 0.3) is 0 Å². The Morgan fingerprint density at radius 3 is 2.15 bits per heavy atom. The first-order valence-corrected chi connectivity index (χ1v) is 15.7. The molecule has 0 fully saturated rings. The number of carbonyl (C=O) groups is 3. The number of ketones is 2. The van der Waals surface area contributed by atoms with Crippen LogP contribution in [-0.2, 0) is 34.0 Å². The van der Waals surface area contributed by atoms with Gasteiger partial charge >= 0.3 is 0 Å². The molecule has 0 saturated heterocycles. The van der Waals surface area contributed by atoms with Gasteiger partial charge in [-0.2, -0.15) is 0 Å². The summed E-state index contributed by atoms with van der Waals surface area (Å²) in [4.78, 5) is 43.9. The lowest BCUT2D eigenvalue weighted by Gasteiger charge is -2.48. The second kappa shape index (κ2) is 14.1. The molecule has 47 heavy (non-hydrogen) atoms. The van der Waals surface area contributed by atoms with Crippen molar-refractivity contribution >= 4 is 23.2 Å². The summed E-state index contributed by atoms with van der Waals surface area (Å²) in [6.07, 6.45) is -0.274. The Hall–Kier alpha value is -4.51. The number of rotatable bonds is 13. The van der Waals surface area contributed by atoms with Crippen molar-refractivity contribution in [3.8, 4) is 5.75 Å². The van der Waals surface area contributed by atoms with Gasteiger partial charge in [0, 0.05) is 37.3 Å². The molecule has 3 aromatic rings. The number of likely N-dealkylation sites (N-methyl/N-ethyl adjacent to an activating group) is 1. The first-order valence-electron chi connectivity index (χ1n) is 15.7. The summed E-state index contributed by atoms with van der Waals surface area (Å²) in [7, 11) is 7.39. The SMILES string of the molecule is CN(C)c1ccc(OCc2ccccc2)c2c1C[C@H]1C[C@@H]([C@@H](COCc3ccccc3)N(C)C)[C@@](O)(C(=O)CC(N)=O)C(O)=C1C2=O. The molecule has 5 rings (SSSR count). The maximum atomic E-state index is 14.5. The van der Waals surface area contributed by atoms with Crippen LogP contribution in [0.3, 0.4) is 0 Å². The van der Waals surface area contributed by atoms with E-state index in [0.29, 0.717) is 18.8 Å². The Kier molecular flexibility index (Phi) is 10.1. The average molecular weight is 642 g/mol. The second-order valence-electron chi connectivity index (χ2n) is 12.8. The first kappa shape index (κ1) is 33.8. The number of ether oxygens (including phenoxy) is 2. The van der Waals surface area contributed by atoms with Gasteiger partial charge in [-0.15, -0.1) is 0 Å². The Morgan fingerprint density at radius 1 is 0.957 bits per heavy atom. The number of hydrogen-bond donors (Lipinski definition) is 3. The third-order valence-electron chi connectivity index (χ3n) is 9.28. The van der Waals surface area contributed by atoms with Crippen LogP contribution >= 0.6 is 0 Å². The Balaban J connectivity index is 1.57. The summed E-state index contributed by atoms with van der Waals surface area (Å²) >= 11 is 0. The van der Waals surface area contributed by atoms with Crippen LogP contribution in [0.5, 0.6) is 5.75 Å². The molecular formula is C37H43N3O7. The van der Waals surface area contributed by atoms with Crippen molar-refractivity contribution in [2.24, 2.45) is 17.6 Å². The van der Waals surface area contributed by atoms with E-state index in [4.69, 9.17) is 15.2 Å². The summed E-state index contributed by atoms with van der Waals surface area (Å²) in [6, 6.07) is 22.2. The van der Waals surface area contributed by atoms with Gasteiger partial charge in [-0.25, -0.2) is 0 Å². The number of Topliss-reactive ketones (excluding diaryl/α,β-unsaturated/α-hetero) is 2. The standard InChI is InChI=1S/C37H43N3O7/c1-39(2)28-15-16-30(47-21-24-13-9-6-10-14-24)34-26(28)17-25-18-27(29(40(3)4)22-46-20-23-11-7-5-8-12-23)37(45,31(41)19-32(38)42)36(44)33(25)35(34)43/h5-16,25,27,29,44-45H,17-22H2,1-4H3,(H2,38,42)/t25-,27-,29+,37+/m0/s1. The van der Waals surface area contributed by atoms with Crippen LogP contribution in [0.15, 0.2) is 84.1 Å². The van der Waals surface area contributed by atoms with Gasteiger partial charge in [-0.05, 0) is 61.7 Å². The molecule has 4 N–H and O–H groups in total. The molecule has 248 valence electrons. The van der Waals surface area contributed by atoms with Crippen LogP contribution in [-0.4, -0.2) is 79.0 Å². The molecule has 0 bridgehead atoms. The zero-order chi connectivity index (χ0) is 33.9. The Labute approximate surface area is 275 Å². The van der Waals surface area contributed by atoms with Crippen LogP contribution in [0.4, 0.5) is 5.69 Å². The lowest BCUT2D eigenvalue weighted by molar-refractivity contribution is -0.151. The number of primary amides is 1. The molecule has 0 spiro atoms. The first-order chi connectivity index (χ1) is 22.4. The minimum absolute atomic E-state index is 0.0442.